The molecule has 2 atom stereocenters. The minimum absolute atomic E-state index is 0.0218. The van der Waals surface area contributed by atoms with Crippen molar-refractivity contribution in [3.8, 4) is 17.1 Å². The highest BCUT2D eigenvalue weighted by Gasteiger charge is 2.32. The van der Waals surface area contributed by atoms with Gasteiger partial charge in [-0.1, -0.05) is 18.2 Å². The van der Waals surface area contributed by atoms with Crippen LogP contribution in [0, 0.1) is 0 Å². The van der Waals surface area contributed by atoms with Crippen molar-refractivity contribution in [1.29, 1.82) is 0 Å². The third-order valence-corrected chi connectivity index (χ3v) is 4.34. The molecule has 0 aliphatic carbocycles. The summed E-state index contributed by atoms with van der Waals surface area (Å²) in [5, 5.41) is 5.05. The minimum Gasteiger partial charge on any atom is -0.491 e. The number of carbonyl (C=O) groups excluding carboxylic acids is 1. The third-order valence-electron chi connectivity index (χ3n) is 4.34. The van der Waals surface area contributed by atoms with E-state index in [1.807, 2.05) is 6.92 Å². The largest absolute Gasteiger partial charge is 0.491 e. The maximum Gasteiger partial charge on any atom is 0.179 e. The molecular formula is C21H21FN6O2. The van der Waals surface area contributed by atoms with Crippen molar-refractivity contribution in [2.75, 3.05) is 11.6 Å². The van der Waals surface area contributed by atoms with Crippen molar-refractivity contribution in [1.82, 2.24) is 25.2 Å². The van der Waals surface area contributed by atoms with Gasteiger partial charge in [0.1, 0.15) is 13.6 Å². The Balaban J connectivity index is 1.69. The molecule has 0 fully saturated rings. The smallest absolute Gasteiger partial charge is 0.179 e. The van der Waals surface area contributed by atoms with Gasteiger partial charge in [0.25, 0.3) is 0 Å². The van der Waals surface area contributed by atoms with Gasteiger partial charge in [0.05, 0.1) is 33.6 Å². The number of hydrogen-bond donors (Lipinski definition) is 1. The molecule has 0 bridgehead atoms. The summed E-state index contributed by atoms with van der Waals surface area (Å²) in [6.45, 7) is 2.30. The summed E-state index contributed by atoms with van der Waals surface area (Å²) in [6, 6.07) is 2.73. The fourth-order valence-corrected chi connectivity index (χ4v) is 2.91. The molecule has 0 saturated carbocycles. The number of halogens is 1. The molecule has 0 saturated heterocycles. The zero-order valence-corrected chi connectivity index (χ0v) is 16.4. The fraction of sp³-hybridized carbons (Fsp3) is 0.238. The van der Waals surface area contributed by atoms with Gasteiger partial charge >= 0.3 is 0 Å². The number of nitrogens with one attached hydrogen (secondary N) is 1. The van der Waals surface area contributed by atoms with Crippen molar-refractivity contribution in [3.05, 3.63) is 66.9 Å². The first-order valence-electron chi connectivity index (χ1n) is 10.7. The molecule has 2 aromatic heterocycles. The summed E-state index contributed by atoms with van der Waals surface area (Å²) >= 11 is 0. The van der Waals surface area contributed by atoms with Crippen LogP contribution in [-0.2, 0) is 11.8 Å². The molecule has 2 unspecified atom stereocenters. The number of anilines is 1. The average Bonchev–Trinajstić information content (AvgIpc) is 3.26. The summed E-state index contributed by atoms with van der Waals surface area (Å²) in [4.78, 5) is 21.2. The molecular weight excluding hydrogens is 387 g/mol. The van der Waals surface area contributed by atoms with E-state index in [4.69, 9.17) is 8.89 Å². The van der Waals surface area contributed by atoms with Crippen LogP contribution >= 0.6 is 0 Å². The lowest BCUT2D eigenvalue weighted by Gasteiger charge is -2.31. The Morgan fingerprint density at radius 2 is 2.20 bits per heavy atom. The molecule has 1 aliphatic rings. The van der Waals surface area contributed by atoms with E-state index >= 15 is 4.39 Å². The van der Waals surface area contributed by atoms with Crippen LogP contribution in [0.5, 0.6) is 5.75 Å². The Bertz CT molecular complexity index is 1200. The summed E-state index contributed by atoms with van der Waals surface area (Å²) in [6.07, 6.45) is 4.72. The van der Waals surface area contributed by atoms with Crippen LogP contribution in [0.4, 0.5) is 10.1 Å². The topological polar surface area (TPSA) is 85.2 Å². The van der Waals surface area contributed by atoms with Gasteiger partial charge in [0.2, 0.25) is 0 Å². The molecule has 9 heteroatoms. The second kappa shape index (κ2) is 8.42. The zero-order chi connectivity index (χ0) is 23.8. The number of ketones is 1. The molecule has 3 aromatic rings. The van der Waals surface area contributed by atoms with Gasteiger partial charge in [-0.15, -0.1) is 0 Å². The molecule has 3 heterocycles. The van der Waals surface area contributed by atoms with Crippen LogP contribution in [0.2, 0.25) is 1.41 Å². The molecule has 1 N–H and O–H groups in total. The summed E-state index contributed by atoms with van der Waals surface area (Å²) in [7, 11) is 1.65. The Hall–Kier alpha value is -3.59. The van der Waals surface area contributed by atoms with Gasteiger partial charge < -0.3 is 4.74 Å². The number of benzene rings is 1. The molecule has 4 rings (SSSR count). The summed E-state index contributed by atoms with van der Waals surface area (Å²) in [5.41, 5.74) is 1.18. The lowest BCUT2D eigenvalue weighted by Crippen LogP contribution is -2.51. The molecule has 1 aromatic carbocycles. The van der Waals surface area contributed by atoms with Crippen molar-refractivity contribution >= 4 is 11.5 Å². The second-order valence-corrected chi connectivity index (χ2v) is 6.47. The Morgan fingerprint density at radius 1 is 1.40 bits per heavy atom. The van der Waals surface area contributed by atoms with Crippen molar-refractivity contribution < 1.29 is 18.1 Å². The highest BCUT2D eigenvalue weighted by molar-refractivity contribution is 5.96. The van der Waals surface area contributed by atoms with Gasteiger partial charge in [0.15, 0.2) is 17.4 Å². The summed E-state index contributed by atoms with van der Waals surface area (Å²) in [5.74, 6) is -0.330. The fourth-order valence-electron chi connectivity index (χ4n) is 2.91. The number of hydrazine groups is 1. The van der Waals surface area contributed by atoms with Crippen molar-refractivity contribution in [2.24, 2.45) is 7.05 Å². The number of aromatic nitrogens is 4. The monoisotopic (exact) mass is 411 g/mol. The van der Waals surface area contributed by atoms with E-state index in [1.165, 1.54) is 41.6 Å². The maximum absolute atomic E-state index is 15.8. The maximum atomic E-state index is 15.8. The lowest BCUT2D eigenvalue weighted by atomic mass is 9.98. The van der Waals surface area contributed by atoms with E-state index in [9.17, 15) is 4.79 Å². The van der Waals surface area contributed by atoms with E-state index < -0.39 is 24.0 Å². The molecule has 0 amide bonds. The van der Waals surface area contributed by atoms with Crippen LogP contribution in [0.3, 0.4) is 0 Å². The molecule has 8 nitrogen and oxygen atoms in total. The number of rotatable bonds is 6. The standard InChI is InChI=1S/C21H21FN6O2/c1-3-30-17-11-23-21(24-12-17)15-6-4-5-14(9-15)19(22)20-18(29)7-8-28(26-20)16-10-25-27(2)13-16/h4-13,19-20,26H,3H2,1-2H3/i7D,20D/hD. The number of alkyl halides is 1. The van der Waals surface area contributed by atoms with Crippen LogP contribution in [-0.4, -0.2) is 38.2 Å². The van der Waals surface area contributed by atoms with E-state index in [1.54, 1.807) is 19.2 Å². The zero-order valence-electron chi connectivity index (χ0n) is 19.4. The van der Waals surface area contributed by atoms with Gasteiger partial charge in [0, 0.05) is 31.1 Å². The minimum atomic E-state index is -2.74. The highest BCUT2D eigenvalue weighted by Crippen LogP contribution is 2.28. The van der Waals surface area contributed by atoms with Crippen LogP contribution in [0.25, 0.3) is 11.4 Å². The summed E-state index contributed by atoms with van der Waals surface area (Å²) < 4.78 is 47.7. The van der Waals surface area contributed by atoms with E-state index in [2.05, 4.69) is 15.1 Å². The van der Waals surface area contributed by atoms with Crippen molar-refractivity contribution in [3.63, 3.8) is 0 Å². The van der Waals surface area contributed by atoms with E-state index in [0.717, 1.165) is 11.2 Å². The average molecular weight is 411 g/mol. The van der Waals surface area contributed by atoms with Crippen molar-refractivity contribution in [2.45, 2.75) is 19.1 Å². The number of nitrogens with zero attached hydrogens (tertiary/aromatic N) is 5. The van der Waals surface area contributed by atoms with Gasteiger partial charge in [-0.25, -0.2) is 19.8 Å². The Kier molecular flexibility index (Phi) is 4.56. The first-order valence-corrected chi connectivity index (χ1v) is 9.25. The molecule has 0 spiro atoms. The van der Waals surface area contributed by atoms with Crippen LogP contribution in [0.1, 0.15) is 21.4 Å². The number of carbonyl (C=O) groups is 1. The predicted molar refractivity (Wildman–Crippen MR) is 109 cm³/mol. The second-order valence-electron chi connectivity index (χ2n) is 6.47. The Morgan fingerprint density at radius 3 is 2.90 bits per heavy atom. The van der Waals surface area contributed by atoms with E-state index in [0.29, 0.717) is 34.9 Å². The number of aryl methyl sites for hydroxylation is 1. The normalized spacial score (nSPS) is 22.1. The third kappa shape index (κ3) is 4.06. The molecule has 30 heavy (non-hydrogen) atoms. The number of ether oxygens (including phenoxy) is 1. The lowest BCUT2D eigenvalue weighted by molar-refractivity contribution is -0.118. The molecule has 0 radical (unpaired) electrons. The number of hydrogen-bond acceptors (Lipinski definition) is 7. The molecule has 1 aliphatic heterocycles. The molecule has 154 valence electrons. The van der Waals surface area contributed by atoms with Gasteiger partial charge in [-0.05, 0) is 18.6 Å². The first kappa shape index (κ1) is 16.2. The SMILES string of the molecule is [2H]C1=CN(c2cnn(C)c2)N([2H])C([2H])(C(F)c2cccc(-c3ncc(OCC)cn3)c2)C1=O. The quantitative estimate of drug-likeness (QED) is 0.668. The van der Waals surface area contributed by atoms with E-state index in [-0.39, 0.29) is 5.56 Å². The van der Waals surface area contributed by atoms with Gasteiger partial charge in [-0.2, -0.15) is 5.10 Å². The van der Waals surface area contributed by atoms with Crippen LogP contribution in [0.15, 0.2) is 61.3 Å². The Labute approximate surface area is 177 Å². The van der Waals surface area contributed by atoms with Crippen LogP contribution < -0.4 is 15.2 Å². The first-order chi connectivity index (χ1) is 15.8. The highest BCUT2D eigenvalue weighted by atomic mass is 19.1. The predicted octanol–water partition coefficient (Wildman–Crippen LogP) is 2.76. The van der Waals surface area contributed by atoms with Gasteiger partial charge in [-0.3, -0.25) is 14.5 Å².